The average Bonchev–Trinajstić information content (AvgIpc) is 3.71. The molecule has 1 N–H and O–H groups in total. The number of unbranched alkanes of at least 4 members (excludes halogenated alkanes) is 1. The first-order chi connectivity index (χ1) is 22.5. The minimum absolute atomic E-state index is 0.0268. The molecule has 2 aromatic carbocycles. The third-order valence-electron chi connectivity index (χ3n) is 9.87. The Hall–Kier alpha value is -4.14. The van der Waals surface area contributed by atoms with Crippen LogP contribution < -0.4 is 14.8 Å². The molecule has 1 aromatic heterocycles. The summed E-state index contributed by atoms with van der Waals surface area (Å²) in [4.78, 5) is 39.7. The number of esters is 1. The maximum Gasteiger partial charge on any atom is 0.305 e. The molecule has 1 amide bonds. The van der Waals surface area contributed by atoms with E-state index in [4.69, 9.17) is 14.2 Å². The van der Waals surface area contributed by atoms with Gasteiger partial charge in [-0.25, -0.2) is 0 Å². The van der Waals surface area contributed by atoms with Crippen molar-refractivity contribution in [1.82, 2.24) is 15.0 Å². The number of fused-ring (bicyclic) bond motifs is 2. The Balaban J connectivity index is 1.55. The molecule has 1 fully saturated rings. The molecular weight excluding hydrogens is 622 g/mol. The van der Waals surface area contributed by atoms with Crippen molar-refractivity contribution >= 4 is 36.5 Å². The van der Waals surface area contributed by atoms with E-state index in [1.54, 1.807) is 29.0 Å². The van der Waals surface area contributed by atoms with Crippen molar-refractivity contribution in [3.8, 4) is 5.75 Å². The first-order valence-electron chi connectivity index (χ1n) is 16.0. The van der Waals surface area contributed by atoms with Crippen molar-refractivity contribution in [3.05, 3.63) is 70.0 Å². The van der Waals surface area contributed by atoms with Gasteiger partial charge in [-0.1, -0.05) is 42.6 Å². The molecule has 0 aliphatic carbocycles. The maximum absolute atomic E-state index is 14.7. The zero-order valence-corrected chi connectivity index (χ0v) is 28.5. The van der Waals surface area contributed by atoms with Gasteiger partial charge in [0, 0.05) is 62.3 Å². The van der Waals surface area contributed by atoms with Crippen LogP contribution in [0.15, 0.2) is 48.7 Å². The minimum Gasteiger partial charge on any atom is -0.497 e. The molecule has 1 spiro atoms. The first kappa shape index (κ1) is 34.2. The number of amides is 1. The molecular formula is C33H43N5O8Si. The zero-order chi connectivity index (χ0) is 33.9. The fraction of sp³-hybridized carbons (Fsp3) is 0.515. The smallest absolute Gasteiger partial charge is 0.305 e. The van der Waals surface area contributed by atoms with E-state index in [0.717, 1.165) is 5.75 Å². The van der Waals surface area contributed by atoms with Gasteiger partial charge in [0.2, 0.25) is 0 Å². The number of aliphatic hydroxyl groups is 1. The monoisotopic (exact) mass is 665 g/mol. The number of aryl methyl sites for hydroxylation is 1. The highest BCUT2D eigenvalue weighted by Gasteiger charge is 2.66. The lowest BCUT2D eigenvalue weighted by Crippen LogP contribution is -2.52. The molecule has 47 heavy (non-hydrogen) atoms. The molecule has 0 unspecified atom stereocenters. The van der Waals surface area contributed by atoms with Gasteiger partial charge in [-0.15, -0.1) is 5.10 Å². The van der Waals surface area contributed by atoms with Gasteiger partial charge in [-0.05, 0) is 43.0 Å². The fourth-order valence-electron chi connectivity index (χ4n) is 7.48. The largest absolute Gasteiger partial charge is 0.497 e. The number of hydrogen-bond acceptors (Lipinski definition) is 10. The van der Waals surface area contributed by atoms with E-state index >= 15 is 0 Å². The highest BCUT2D eigenvalue weighted by Crippen LogP contribution is 2.60. The van der Waals surface area contributed by atoms with Crippen LogP contribution in [0.5, 0.6) is 5.75 Å². The number of nitro benzene ring substituents is 1. The summed E-state index contributed by atoms with van der Waals surface area (Å²) in [6.07, 6.45) is 3.67. The molecule has 5 rings (SSSR count). The van der Waals surface area contributed by atoms with Crippen LogP contribution in [0.3, 0.4) is 0 Å². The SMILES string of the molecule is COC(=O)CCCCN1C(=O)[C@@]2(O[C@@H](CCn3cc(CCO)nn3)[C@H]([Si](C)(C)c3ccc(OC)cc3)[C@H]2C)c2cc([N+](=O)[O-])ccc21. The van der Waals surface area contributed by atoms with Gasteiger partial charge < -0.3 is 24.2 Å². The quantitative estimate of drug-likeness (QED) is 0.0884. The summed E-state index contributed by atoms with van der Waals surface area (Å²) < 4.78 is 19.0. The third kappa shape index (κ3) is 6.41. The number of rotatable bonds is 14. The minimum atomic E-state index is -2.42. The normalized spacial score (nSPS) is 22.1. The molecule has 14 heteroatoms. The highest BCUT2D eigenvalue weighted by molar-refractivity contribution is 6.91. The van der Waals surface area contributed by atoms with Gasteiger partial charge in [0.1, 0.15) is 5.75 Å². The molecule has 1 saturated heterocycles. The number of nitro groups is 1. The number of carbonyl (C=O) groups is 2. The van der Waals surface area contributed by atoms with Gasteiger partial charge in [-0.3, -0.25) is 24.4 Å². The predicted octanol–water partition coefficient (Wildman–Crippen LogP) is 3.73. The van der Waals surface area contributed by atoms with Gasteiger partial charge in [0.05, 0.1) is 44.7 Å². The number of ether oxygens (including phenoxy) is 3. The van der Waals surface area contributed by atoms with E-state index in [9.17, 15) is 24.8 Å². The van der Waals surface area contributed by atoms with Crippen molar-refractivity contribution in [2.75, 3.05) is 32.3 Å². The van der Waals surface area contributed by atoms with Crippen molar-refractivity contribution in [1.29, 1.82) is 0 Å². The van der Waals surface area contributed by atoms with Crippen LogP contribution >= 0.6 is 0 Å². The van der Waals surface area contributed by atoms with Crippen LogP contribution in [-0.4, -0.2) is 78.4 Å². The van der Waals surface area contributed by atoms with E-state index in [1.165, 1.54) is 24.4 Å². The summed E-state index contributed by atoms with van der Waals surface area (Å²) in [6.45, 7) is 7.37. The molecule has 3 aromatic rings. The summed E-state index contributed by atoms with van der Waals surface area (Å²) in [5.41, 5.74) is 0.190. The van der Waals surface area contributed by atoms with Crippen LogP contribution in [-0.2, 0) is 37.6 Å². The standard InChI is InChI=1S/C33H43N5O8Si/c1-22-31(47(4,5)26-12-10-25(44-2)11-13-26)29(15-18-36-21-23(16-19-39)34-35-36)46-33(22)27-20-24(38(42)43)9-14-28(27)37(32(33)41)17-7-6-8-30(40)45-3/h9-14,20-22,29,31,39H,6-8,15-19H2,1-5H3/t22-,29+,31-,33+/m1/s1. The third-order valence-corrected chi connectivity index (χ3v) is 14.2. The molecule has 2 aliphatic rings. The first-order valence-corrected chi connectivity index (χ1v) is 19.1. The number of benzene rings is 2. The van der Waals surface area contributed by atoms with Crippen molar-refractivity contribution in [2.45, 2.75) is 75.9 Å². The number of anilines is 1. The van der Waals surface area contributed by atoms with Crippen molar-refractivity contribution in [3.63, 3.8) is 0 Å². The molecule has 0 radical (unpaired) electrons. The summed E-state index contributed by atoms with van der Waals surface area (Å²) in [5.74, 6) is -0.130. The fourth-order valence-corrected chi connectivity index (χ4v) is 11.5. The molecule has 4 atom stereocenters. The van der Waals surface area contributed by atoms with Crippen LogP contribution in [0.2, 0.25) is 18.6 Å². The Morgan fingerprint density at radius 1 is 1.15 bits per heavy atom. The van der Waals surface area contributed by atoms with E-state index in [0.29, 0.717) is 55.7 Å². The molecule has 13 nitrogen and oxygen atoms in total. The number of aromatic nitrogens is 3. The molecule has 3 heterocycles. The maximum atomic E-state index is 14.7. The molecule has 0 bridgehead atoms. The molecule has 252 valence electrons. The number of hydrogen-bond donors (Lipinski definition) is 1. The van der Waals surface area contributed by atoms with E-state index in [1.807, 2.05) is 19.1 Å². The summed E-state index contributed by atoms with van der Waals surface area (Å²) in [6, 6.07) is 12.6. The zero-order valence-electron chi connectivity index (χ0n) is 27.5. The lowest BCUT2D eigenvalue weighted by Gasteiger charge is -2.37. The van der Waals surface area contributed by atoms with Crippen LogP contribution in [0.1, 0.15) is 43.9 Å². The van der Waals surface area contributed by atoms with Gasteiger partial charge in [-0.2, -0.15) is 0 Å². The van der Waals surface area contributed by atoms with Crippen LogP contribution in [0.4, 0.5) is 11.4 Å². The number of non-ortho nitro benzene ring substituents is 1. The summed E-state index contributed by atoms with van der Waals surface area (Å²) in [7, 11) is 0.556. The second-order valence-electron chi connectivity index (χ2n) is 12.8. The summed E-state index contributed by atoms with van der Waals surface area (Å²) >= 11 is 0. The number of aliphatic hydroxyl groups excluding tert-OH is 1. The lowest BCUT2D eigenvalue weighted by atomic mass is 9.82. The Labute approximate surface area is 275 Å². The van der Waals surface area contributed by atoms with Crippen molar-refractivity contribution in [2.24, 2.45) is 5.92 Å². The van der Waals surface area contributed by atoms with Gasteiger partial charge in [0.25, 0.3) is 11.6 Å². The van der Waals surface area contributed by atoms with Gasteiger partial charge in [0.15, 0.2) is 5.60 Å². The second kappa shape index (κ2) is 13.9. The van der Waals surface area contributed by atoms with Gasteiger partial charge >= 0.3 is 5.97 Å². The second-order valence-corrected chi connectivity index (χ2v) is 17.5. The Bertz CT molecular complexity index is 1610. The predicted molar refractivity (Wildman–Crippen MR) is 176 cm³/mol. The Morgan fingerprint density at radius 3 is 2.55 bits per heavy atom. The van der Waals surface area contributed by atoms with Crippen LogP contribution in [0, 0.1) is 16.0 Å². The highest BCUT2D eigenvalue weighted by atomic mass is 28.3. The average molecular weight is 666 g/mol. The molecule has 0 saturated carbocycles. The van der Waals surface area contributed by atoms with Crippen LogP contribution in [0.25, 0.3) is 0 Å². The lowest BCUT2D eigenvalue weighted by molar-refractivity contribution is -0.385. The Kier molecular flexibility index (Phi) is 10.1. The van der Waals surface area contributed by atoms with E-state index in [2.05, 4.69) is 35.5 Å². The van der Waals surface area contributed by atoms with E-state index in [-0.39, 0.29) is 48.2 Å². The van der Waals surface area contributed by atoms with E-state index < -0.39 is 18.6 Å². The topological polar surface area (TPSA) is 159 Å². The number of methoxy groups -OCH3 is 2. The molecule has 2 aliphatic heterocycles. The number of nitrogens with zero attached hydrogens (tertiary/aromatic N) is 5. The number of carbonyl (C=O) groups excluding carboxylic acids is 2. The summed E-state index contributed by atoms with van der Waals surface area (Å²) in [5, 5.41) is 30.9. The Morgan fingerprint density at radius 2 is 1.89 bits per heavy atom. The van der Waals surface area contributed by atoms with Crippen molar-refractivity contribution < 1.29 is 33.8 Å².